The normalized spacial score (nSPS) is 12.2. The second kappa shape index (κ2) is 7.01. The number of carbonyl (C=O) groups is 1. The number of aliphatic hydroxyl groups is 1. The van der Waals surface area contributed by atoms with E-state index in [-0.39, 0.29) is 18.4 Å². The Balaban J connectivity index is 2.44. The largest absolute Gasteiger partial charge is 0.396 e. The van der Waals surface area contributed by atoms with E-state index in [1.807, 2.05) is 19.1 Å². The molecule has 1 aromatic rings. The lowest BCUT2D eigenvalue weighted by atomic mass is 10.1. The van der Waals surface area contributed by atoms with Gasteiger partial charge in [-0.25, -0.2) is 0 Å². The first-order valence-corrected chi connectivity index (χ1v) is 5.93. The molecule has 0 saturated heterocycles. The molecule has 1 heterocycles. The van der Waals surface area contributed by atoms with Crippen LogP contribution >= 0.6 is 0 Å². The summed E-state index contributed by atoms with van der Waals surface area (Å²) in [6.45, 7) is 2.50. The van der Waals surface area contributed by atoms with Gasteiger partial charge in [0.25, 0.3) is 0 Å². The number of nitrogens with zero attached hydrogens (tertiary/aromatic N) is 2. The van der Waals surface area contributed by atoms with Gasteiger partial charge in [-0.05, 0) is 30.5 Å². The first-order chi connectivity index (χ1) is 8.19. The monoisotopic (exact) mass is 236 g/mol. The van der Waals surface area contributed by atoms with Gasteiger partial charge in [-0.3, -0.25) is 9.78 Å². The highest BCUT2D eigenvalue weighted by atomic mass is 16.3. The molecule has 0 aliphatic carbocycles. The molecule has 1 aromatic heterocycles. The molecule has 0 aromatic carbocycles. The minimum atomic E-state index is -0.266. The fourth-order valence-electron chi connectivity index (χ4n) is 1.65. The van der Waals surface area contributed by atoms with Crippen molar-refractivity contribution in [2.45, 2.75) is 19.8 Å². The first-order valence-electron chi connectivity index (χ1n) is 5.93. The maximum Gasteiger partial charge on any atom is 0.227 e. The van der Waals surface area contributed by atoms with Gasteiger partial charge >= 0.3 is 0 Å². The number of rotatable bonds is 6. The third-order valence-electron chi connectivity index (χ3n) is 2.92. The van der Waals surface area contributed by atoms with E-state index in [1.54, 1.807) is 24.3 Å². The summed E-state index contributed by atoms with van der Waals surface area (Å²) in [6, 6.07) is 3.89. The summed E-state index contributed by atoms with van der Waals surface area (Å²) in [4.78, 5) is 17.5. The van der Waals surface area contributed by atoms with E-state index in [1.165, 1.54) is 0 Å². The highest BCUT2D eigenvalue weighted by Gasteiger charge is 2.18. The molecule has 0 saturated carbocycles. The minimum absolute atomic E-state index is 0.0176. The second-order valence-electron chi connectivity index (χ2n) is 4.15. The third-order valence-corrected chi connectivity index (χ3v) is 2.92. The quantitative estimate of drug-likeness (QED) is 0.804. The second-order valence-corrected chi connectivity index (χ2v) is 4.15. The van der Waals surface area contributed by atoms with Crippen molar-refractivity contribution >= 4 is 5.91 Å². The van der Waals surface area contributed by atoms with Gasteiger partial charge in [0.2, 0.25) is 5.91 Å². The van der Waals surface area contributed by atoms with E-state index >= 15 is 0 Å². The smallest absolute Gasteiger partial charge is 0.227 e. The Bertz CT molecular complexity index is 337. The molecule has 0 aliphatic heterocycles. The van der Waals surface area contributed by atoms with E-state index < -0.39 is 0 Å². The van der Waals surface area contributed by atoms with Gasteiger partial charge in [-0.1, -0.05) is 6.92 Å². The van der Waals surface area contributed by atoms with Gasteiger partial charge < -0.3 is 10.0 Å². The van der Waals surface area contributed by atoms with Gasteiger partial charge in [0.1, 0.15) is 0 Å². The topological polar surface area (TPSA) is 53.4 Å². The van der Waals surface area contributed by atoms with Crippen molar-refractivity contribution in [2.24, 2.45) is 5.92 Å². The number of likely N-dealkylation sites (N-methyl/N-ethyl adjacent to an activating group) is 1. The van der Waals surface area contributed by atoms with Crippen LogP contribution in [-0.2, 0) is 11.2 Å². The van der Waals surface area contributed by atoms with Crippen LogP contribution in [0.3, 0.4) is 0 Å². The highest BCUT2D eigenvalue weighted by molar-refractivity contribution is 5.78. The van der Waals surface area contributed by atoms with Crippen LogP contribution in [0.1, 0.15) is 18.9 Å². The fraction of sp³-hybridized carbons (Fsp3) is 0.538. The van der Waals surface area contributed by atoms with Crippen molar-refractivity contribution in [1.29, 1.82) is 0 Å². The Kier molecular flexibility index (Phi) is 5.63. The molecule has 1 N–H and O–H groups in total. The zero-order valence-electron chi connectivity index (χ0n) is 10.5. The summed E-state index contributed by atoms with van der Waals surface area (Å²) < 4.78 is 0. The van der Waals surface area contributed by atoms with Crippen LogP contribution in [0.5, 0.6) is 0 Å². The number of carbonyl (C=O) groups excluding carboxylic acids is 1. The van der Waals surface area contributed by atoms with E-state index in [9.17, 15) is 4.79 Å². The van der Waals surface area contributed by atoms with Gasteiger partial charge in [0.15, 0.2) is 0 Å². The Labute approximate surface area is 102 Å². The SMILES string of the molecule is CCC(CO)C(=O)N(C)CCc1ccncc1. The van der Waals surface area contributed by atoms with Gasteiger partial charge in [0.05, 0.1) is 12.5 Å². The lowest BCUT2D eigenvalue weighted by Crippen LogP contribution is -2.35. The van der Waals surface area contributed by atoms with Crippen LogP contribution in [0, 0.1) is 5.92 Å². The molecule has 4 nitrogen and oxygen atoms in total. The molecule has 94 valence electrons. The molecule has 17 heavy (non-hydrogen) atoms. The van der Waals surface area contributed by atoms with Gasteiger partial charge in [0, 0.05) is 26.0 Å². The summed E-state index contributed by atoms with van der Waals surface area (Å²) in [5.74, 6) is -0.249. The maximum atomic E-state index is 11.9. The summed E-state index contributed by atoms with van der Waals surface area (Å²) in [5.41, 5.74) is 1.16. The van der Waals surface area contributed by atoms with Crippen LogP contribution in [0.25, 0.3) is 0 Å². The summed E-state index contributed by atoms with van der Waals surface area (Å²) >= 11 is 0. The zero-order chi connectivity index (χ0) is 12.7. The van der Waals surface area contributed by atoms with Crippen molar-refractivity contribution in [1.82, 2.24) is 9.88 Å². The highest BCUT2D eigenvalue weighted by Crippen LogP contribution is 2.07. The average molecular weight is 236 g/mol. The summed E-state index contributed by atoms with van der Waals surface area (Å²) in [6.07, 6.45) is 4.99. The Morgan fingerprint density at radius 3 is 2.65 bits per heavy atom. The molecular formula is C13H20N2O2. The van der Waals surface area contributed by atoms with Gasteiger partial charge in [-0.15, -0.1) is 0 Å². The van der Waals surface area contributed by atoms with E-state index in [0.717, 1.165) is 12.0 Å². The lowest BCUT2D eigenvalue weighted by Gasteiger charge is -2.21. The van der Waals surface area contributed by atoms with Crippen molar-refractivity contribution in [3.8, 4) is 0 Å². The van der Waals surface area contributed by atoms with E-state index in [2.05, 4.69) is 4.98 Å². The number of hydrogen-bond acceptors (Lipinski definition) is 3. The molecule has 1 amide bonds. The maximum absolute atomic E-state index is 11.9. The van der Waals surface area contributed by atoms with Crippen molar-refractivity contribution in [3.63, 3.8) is 0 Å². The Morgan fingerprint density at radius 2 is 2.12 bits per heavy atom. The first kappa shape index (κ1) is 13.6. The van der Waals surface area contributed by atoms with Crippen LogP contribution in [0.2, 0.25) is 0 Å². The number of aliphatic hydroxyl groups excluding tert-OH is 1. The molecular weight excluding hydrogens is 216 g/mol. The molecule has 4 heteroatoms. The number of aromatic nitrogens is 1. The third kappa shape index (κ3) is 4.15. The molecule has 1 unspecified atom stereocenters. The molecule has 0 fully saturated rings. The van der Waals surface area contributed by atoms with Crippen LogP contribution in [0.15, 0.2) is 24.5 Å². The average Bonchev–Trinajstić information content (AvgIpc) is 2.38. The van der Waals surface area contributed by atoms with E-state index in [0.29, 0.717) is 13.0 Å². The van der Waals surface area contributed by atoms with Crippen molar-refractivity contribution < 1.29 is 9.90 Å². The standard InChI is InChI=1S/C13H20N2O2/c1-3-12(10-16)13(17)15(2)9-6-11-4-7-14-8-5-11/h4-5,7-8,12,16H,3,6,9-10H2,1-2H3. The summed E-state index contributed by atoms with van der Waals surface area (Å²) in [5, 5.41) is 9.07. The fourth-order valence-corrected chi connectivity index (χ4v) is 1.65. The number of hydrogen-bond donors (Lipinski definition) is 1. The van der Waals surface area contributed by atoms with E-state index in [4.69, 9.17) is 5.11 Å². The zero-order valence-corrected chi connectivity index (χ0v) is 10.5. The molecule has 1 rings (SSSR count). The minimum Gasteiger partial charge on any atom is -0.396 e. The molecule has 0 bridgehead atoms. The van der Waals surface area contributed by atoms with Crippen LogP contribution < -0.4 is 0 Å². The predicted molar refractivity (Wildman–Crippen MR) is 66.4 cm³/mol. The predicted octanol–water partition coefficient (Wildman–Crippen LogP) is 1.10. The van der Waals surface area contributed by atoms with Crippen molar-refractivity contribution in [3.05, 3.63) is 30.1 Å². The molecule has 1 atom stereocenters. The number of amides is 1. The van der Waals surface area contributed by atoms with Crippen LogP contribution in [0.4, 0.5) is 0 Å². The molecule has 0 radical (unpaired) electrons. The lowest BCUT2D eigenvalue weighted by molar-refractivity contribution is -0.135. The van der Waals surface area contributed by atoms with Gasteiger partial charge in [-0.2, -0.15) is 0 Å². The number of pyridine rings is 1. The molecule has 0 spiro atoms. The summed E-state index contributed by atoms with van der Waals surface area (Å²) in [7, 11) is 1.78. The Hall–Kier alpha value is -1.42. The van der Waals surface area contributed by atoms with Crippen LogP contribution in [-0.4, -0.2) is 41.1 Å². The molecule has 0 aliphatic rings. The van der Waals surface area contributed by atoms with Crippen molar-refractivity contribution in [2.75, 3.05) is 20.2 Å². The Morgan fingerprint density at radius 1 is 1.47 bits per heavy atom.